The Morgan fingerprint density at radius 2 is 2.29 bits per heavy atom. The minimum absolute atomic E-state index is 0.0466. The van der Waals surface area contributed by atoms with E-state index in [-0.39, 0.29) is 11.9 Å². The second kappa shape index (κ2) is 5.62. The number of nitrogens with two attached hydrogens (primary N) is 1. The molecule has 1 rings (SSSR count). The Hall–Kier alpha value is -1.63. The van der Waals surface area contributed by atoms with Crippen LogP contribution in [0.25, 0.3) is 0 Å². The molecule has 0 bridgehead atoms. The third-order valence-electron chi connectivity index (χ3n) is 2.70. The molecule has 0 aliphatic carbocycles. The molecule has 1 aliphatic rings. The molecule has 7 nitrogen and oxygen atoms in total. The molecule has 0 aromatic carbocycles. The quantitative estimate of drug-likeness (QED) is 0.557. The molecule has 0 radical (unpaired) electrons. The average molecular weight is 243 g/mol. The van der Waals surface area contributed by atoms with Gasteiger partial charge in [-0.25, -0.2) is 0 Å². The highest BCUT2D eigenvalue weighted by Gasteiger charge is 2.26. The van der Waals surface area contributed by atoms with E-state index in [0.29, 0.717) is 19.4 Å². The summed E-state index contributed by atoms with van der Waals surface area (Å²) in [5.74, 6) is -1.55. The van der Waals surface area contributed by atoms with Crippen LogP contribution in [0.1, 0.15) is 19.3 Å². The lowest BCUT2D eigenvalue weighted by Gasteiger charge is -2.30. The second-order valence-electron chi connectivity index (χ2n) is 4.22. The molecule has 96 valence electrons. The fourth-order valence-electron chi connectivity index (χ4n) is 1.72. The summed E-state index contributed by atoms with van der Waals surface area (Å²) >= 11 is 0. The number of carboxylic acids is 1. The van der Waals surface area contributed by atoms with E-state index in [4.69, 9.17) is 10.8 Å². The predicted molar refractivity (Wildman–Crippen MR) is 59.0 cm³/mol. The second-order valence-corrected chi connectivity index (χ2v) is 4.22. The number of nitrogens with zero attached hydrogens (tertiary/aromatic N) is 1. The molecule has 0 aromatic rings. The minimum atomic E-state index is -1.11. The van der Waals surface area contributed by atoms with Gasteiger partial charge in [0.15, 0.2) is 0 Å². The Bertz CT molecular complexity index is 332. The maximum absolute atomic E-state index is 11.5. The van der Waals surface area contributed by atoms with Gasteiger partial charge in [0.05, 0.1) is 12.5 Å². The van der Waals surface area contributed by atoms with Gasteiger partial charge < -0.3 is 21.1 Å². The molecule has 2 atom stereocenters. The Balaban J connectivity index is 2.41. The van der Waals surface area contributed by atoms with E-state index < -0.39 is 24.3 Å². The summed E-state index contributed by atoms with van der Waals surface area (Å²) < 4.78 is 0. The molecule has 1 saturated heterocycles. The van der Waals surface area contributed by atoms with Crippen LogP contribution in [0.3, 0.4) is 0 Å². The van der Waals surface area contributed by atoms with Gasteiger partial charge in [-0.3, -0.25) is 14.4 Å². The highest BCUT2D eigenvalue weighted by Crippen LogP contribution is 2.09. The van der Waals surface area contributed by atoms with Crippen LogP contribution in [-0.4, -0.2) is 53.5 Å². The molecule has 0 saturated carbocycles. The third-order valence-corrected chi connectivity index (χ3v) is 2.70. The zero-order valence-corrected chi connectivity index (χ0v) is 9.68. The zero-order chi connectivity index (χ0) is 13.0. The van der Waals surface area contributed by atoms with Crippen molar-refractivity contribution in [3.63, 3.8) is 0 Å². The lowest BCUT2D eigenvalue weighted by molar-refractivity contribution is -0.139. The number of likely N-dealkylation sites (N-methyl/N-ethyl adjacent to an activating group) is 1. The first-order valence-electron chi connectivity index (χ1n) is 5.42. The van der Waals surface area contributed by atoms with Crippen LogP contribution in [0.2, 0.25) is 0 Å². The average Bonchev–Trinajstić information content (AvgIpc) is 2.22. The summed E-state index contributed by atoms with van der Waals surface area (Å²) in [5, 5.41) is 11.2. The first-order valence-corrected chi connectivity index (χ1v) is 5.42. The smallest absolute Gasteiger partial charge is 0.305 e. The van der Waals surface area contributed by atoms with E-state index in [1.165, 1.54) is 4.90 Å². The zero-order valence-electron chi connectivity index (χ0n) is 9.68. The molecule has 2 unspecified atom stereocenters. The van der Waals surface area contributed by atoms with Gasteiger partial charge in [-0.05, 0) is 6.42 Å². The molecule has 0 aromatic heterocycles. The molecule has 4 N–H and O–H groups in total. The fourth-order valence-corrected chi connectivity index (χ4v) is 1.72. The summed E-state index contributed by atoms with van der Waals surface area (Å²) in [5.41, 5.74) is 5.42. The molecule has 1 fully saturated rings. The third kappa shape index (κ3) is 4.03. The maximum atomic E-state index is 11.5. The predicted octanol–water partition coefficient (Wildman–Crippen LogP) is -1.47. The number of aliphatic carboxylic acids is 1. The summed E-state index contributed by atoms with van der Waals surface area (Å²) in [4.78, 5) is 34.7. The Morgan fingerprint density at radius 1 is 1.65 bits per heavy atom. The van der Waals surface area contributed by atoms with Gasteiger partial charge in [-0.1, -0.05) is 0 Å². The summed E-state index contributed by atoms with van der Waals surface area (Å²) in [6.45, 7) is 0.435. The number of amides is 2. The number of hydrogen-bond donors (Lipinski definition) is 3. The molecule has 17 heavy (non-hydrogen) atoms. The Labute approximate surface area is 98.9 Å². The minimum Gasteiger partial charge on any atom is -0.481 e. The topological polar surface area (TPSA) is 113 Å². The van der Waals surface area contributed by atoms with Crippen LogP contribution in [-0.2, 0) is 14.4 Å². The van der Waals surface area contributed by atoms with Crippen molar-refractivity contribution in [3.05, 3.63) is 0 Å². The summed E-state index contributed by atoms with van der Waals surface area (Å²) in [6.07, 6.45) is 0.553. The van der Waals surface area contributed by atoms with Gasteiger partial charge in [0, 0.05) is 26.1 Å². The van der Waals surface area contributed by atoms with Crippen LogP contribution in [0.15, 0.2) is 0 Å². The van der Waals surface area contributed by atoms with Gasteiger partial charge in [-0.15, -0.1) is 0 Å². The standard InChI is InChI=1S/C10H17N3O4/c1-13-5-6(2-3-8(13)14)12-10(17)7(11)4-9(15)16/h6-7H,2-5,11H2,1H3,(H,12,17)(H,15,16). The lowest BCUT2D eigenvalue weighted by atomic mass is 10.0. The lowest BCUT2D eigenvalue weighted by Crippen LogP contribution is -2.52. The number of carboxylic acid groups (broad SMARTS) is 1. The number of piperidine rings is 1. The number of nitrogens with one attached hydrogen (secondary N) is 1. The number of carbonyl (C=O) groups is 3. The molecular weight excluding hydrogens is 226 g/mol. The largest absolute Gasteiger partial charge is 0.481 e. The van der Waals surface area contributed by atoms with Crippen molar-refractivity contribution in [2.75, 3.05) is 13.6 Å². The van der Waals surface area contributed by atoms with E-state index in [1.54, 1.807) is 7.05 Å². The number of carbonyl (C=O) groups excluding carboxylic acids is 2. The van der Waals surface area contributed by atoms with Crippen LogP contribution >= 0.6 is 0 Å². The van der Waals surface area contributed by atoms with Crippen molar-refractivity contribution in [2.24, 2.45) is 5.73 Å². The van der Waals surface area contributed by atoms with Crippen molar-refractivity contribution in [2.45, 2.75) is 31.3 Å². The normalized spacial score (nSPS) is 22.1. The van der Waals surface area contributed by atoms with Gasteiger partial charge >= 0.3 is 5.97 Å². The van der Waals surface area contributed by atoms with Gasteiger partial charge in [0.2, 0.25) is 11.8 Å². The maximum Gasteiger partial charge on any atom is 0.305 e. The summed E-state index contributed by atoms with van der Waals surface area (Å²) in [6, 6.07) is -1.19. The highest BCUT2D eigenvalue weighted by molar-refractivity contribution is 5.86. The van der Waals surface area contributed by atoms with Crippen molar-refractivity contribution in [3.8, 4) is 0 Å². The molecular formula is C10H17N3O4. The van der Waals surface area contributed by atoms with E-state index in [1.807, 2.05) is 0 Å². The van der Waals surface area contributed by atoms with Crippen molar-refractivity contribution in [1.82, 2.24) is 10.2 Å². The van der Waals surface area contributed by atoms with E-state index in [2.05, 4.69) is 5.32 Å². The molecule has 0 spiro atoms. The first-order chi connectivity index (χ1) is 7.90. The molecule has 2 amide bonds. The van der Waals surface area contributed by atoms with Crippen molar-refractivity contribution < 1.29 is 19.5 Å². The van der Waals surface area contributed by atoms with Crippen LogP contribution in [0.4, 0.5) is 0 Å². The van der Waals surface area contributed by atoms with Gasteiger partial charge in [0.25, 0.3) is 0 Å². The summed E-state index contributed by atoms with van der Waals surface area (Å²) in [7, 11) is 1.66. The van der Waals surface area contributed by atoms with E-state index >= 15 is 0 Å². The van der Waals surface area contributed by atoms with Crippen molar-refractivity contribution >= 4 is 17.8 Å². The van der Waals surface area contributed by atoms with Crippen LogP contribution in [0, 0.1) is 0 Å². The Morgan fingerprint density at radius 3 is 2.82 bits per heavy atom. The van der Waals surface area contributed by atoms with Crippen LogP contribution < -0.4 is 11.1 Å². The molecule has 1 heterocycles. The number of rotatable bonds is 4. The van der Waals surface area contributed by atoms with Gasteiger partial charge in [0.1, 0.15) is 0 Å². The van der Waals surface area contributed by atoms with Crippen LogP contribution in [0.5, 0.6) is 0 Å². The van der Waals surface area contributed by atoms with E-state index in [9.17, 15) is 14.4 Å². The fraction of sp³-hybridized carbons (Fsp3) is 0.700. The molecule has 7 heteroatoms. The molecule has 1 aliphatic heterocycles. The highest BCUT2D eigenvalue weighted by atomic mass is 16.4. The number of hydrogen-bond acceptors (Lipinski definition) is 4. The first kappa shape index (κ1) is 13.4. The monoisotopic (exact) mass is 243 g/mol. The van der Waals surface area contributed by atoms with Gasteiger partial charge in [-0.2, -0.15) is 0 Å². The Kier molecular flexibility index (Phi) is 4.45. The van der Waals surface area contributed by atoms with Crippen molar-refractivity contribution in [1.29, 1.82) is 0 Å². The van der Waals surface area contributed by atoms with E-state index in [0.717, 1.165) is 0 Å². The number of likely N-dealkylation sites (tertiary alicyclic amines) is 1. The SMILES string of the molecule is CN1CC(NC(=O)C(N)CC(=O)O)CCC1=O.